The summed E-state index contributed by atoms with van der Waals surface area (Å²) in [7, 11) is -0.170. The molecule has 4 rings (SSSR count). The van der Waals surface area contributed by atoms with Crippen LogP contribution in [0.25, 0.3) is 0 Å². The van der Waals surface area contributed by atoms with Crippen molar-refractivity contribution in [2.45, 2.75) is 43.8 Å². The standard InChI is InChI=1S/C20H29N3O6S/c1-28-18-9-13-5-7-22-12-17(23-6-3-4-8-30(23,26)27)15(21-20(24)25)11-16(22)14(13)10-19(18)29-2/h9-10,15-17,21H,3-8,11-12H2,1-2H3,(H,24,25). The Labute approximate surface area is 177 Å². The first-order chi connectivity index (χ1) is 14.3. The maximum atomic E-state index is 12.7. The molecule has 166 valence electrons. The van der Waals surface area contributed by atoms with Crippen LogP contribution in [0.4, 0.5) is 4.79 Å². The number of hydrogen-bond acceptors (Lipinski definition) is 6. The fourth-order valence-electron chi connectivity index (χ4n) is 5.13. The number of rotatable bonds is 4. The van der Waals surface area contributed by atoms with E-state index in [1.54, 1.807) is 14.2 Å². The summed E-state index contributed by atoms with van der Waals surface area (Å²) in [6.45, 7) is 1.74. The molecular formula is C20H29N3O6S. The molecule has 0 aliphatic carbocycles. The molecule has 1 aromatic carbocycles. The van der Waals surface area contributed by atoms with Gasteiger partial charge in [0.15, 0.2) is 11.5 Å². The van der Waals surface area contributed by atoms with Crippen molar-refractivity contribution in [2.75, 3.05) is 39.6 Å². The van der Waals surface area contributed by atoms with Gasteiger partial charge in [0.05, 0.1) is 32.1 Å². The lowest BCUT2D eigenvalue weighted by Gasteiger charge is -2.50. The second-order valence-electron chi connectivity index (χ2n) is 8.16. The van der Waals surface area contributed by atoms with E-state index in [1.165, 1.54) is 4.31 Å². The van der Waals surface area contributed by atoms with Crippen LogP contribution in [-0.2, 0) is 16.4 Å². The lowest BCUT2D eigenvalue weighted by Crippen LogP contribution is -2.63. The summed E-state index contributed by atoms with van der Waals surface area (Å²) in [4.78, 5) is 13.8. The smallest absolute Gasteiger partial charge is 0.404 e. The summed E-state index contributed by atoms with van der Waals surface area (Å²) < 4.78 is 37.9. The highest BCUT2D eigenvalue weighted by Crippen LogP contribution is 2.43. The number of nitrogens with zero attached hydrogens (tertiary/aromatic N) is 2. The molecule has 10 heteroatoms. The van der Waals surface area contributed by atoms with E-state index in [4.69, 9.17) is 9.47 Å². The van der Waals surface area contributed by atoms with Crippen molar-refractivity contribution in [3.05, 3.63) is 23.3 Å². The molecule has 0 saturated carbocycles. The van der Waals surface area contributed by atoms with Crippen molar-refractivity contribution >= 4 is 16.1 Å². The lowest BCUT2D eigenvalue weighted by atomic mass is 9.83. The number of piperidine rings is 1. The monoisotopic (exact) mass is 439 g/mol. The number of carboxylic acid groups (broad SMARTS) is 1. The van der Waals surface area contributed by atoms with Gasteiger partial charge in [0.2, 0.25) is 10.0 Å². The van der Waals surface area contributed by atoms with Gasteiger partial charge in [-0.05, 0) is 48.9 Å². The minimum absolute atomic E-state index is 0.00542. The van der Waals surface area contributed by atoms with Gasteiger partial charge in [-0.1, -0.05) is 0 Å². The zero-order chi connectivity index (χ0) is 21.5. The van der Waals surface area contributed by atoms with Crippen molar-refractivity contribution in [1.82, 2.24) is 14.5 Å². The Morgan fingerprint density at radius 3 is 2.57 bits per heavy atom. The number of fused-ring (bicyclic) bond motifs is 3. The van der Waals surface area contributed by atoms with E-state index in [9.17, 15) is 18.3 Å². The molecule has 0 bridgehead atoms. The Morgan fingerprint density at radius 1 is 1.17 bits per heavy atom. The van der Waals surface area contributed by atoms with E-state index in [1.807, 2.05) is 12.1 Å². The highest BCUT2D eigenvalue weighted by atomic mass is 32.2. The summed E-state index contributed by atoms with van der Waals surface area (Å²) in [5.41, 5.74) is 2.25. The molecule has 0 spiro atoms. The van der Waals surface area contributed by atoms with Gasteiger partial charge in [0.25, 0.3) is 0 Å². The van der Waals surface area contributed by atoms with E-state index in [2.05, 4.69) is 10.2 Å². The number of methoxy groups -OCH3 is 2. The number of carbonyl (C=O) groups is 1. The minimum Gasteiger partial charge on any atom is -0.493 e. The third-order valence-electron chi connectivity index (χ3n) is 6.54. The molecule has 30 heavy (non-hydrogen) atoms. The van der Waals surface area contributed by atoms with Crippen molar-refractivity contribution in [3.8, 4) is 11.5 Å². The van der Waals surface area contributed by atoms with Crippen LogP contribution in [0.3, 0.4) is 0 Å². The van der Waals surface area contributed by atoms with Crippen LogP contribution in [0.5, 0.6) is 11.5 Å². The second-order valence-corrected chi connectivity index (χ2v) is 10.2. The quantitative estimate of drug-likeness (QED) is 0.731. The number of sulfonamides is 1. The van der Waals surface area contributed by atoms with E-state index in [0.29, 0.717) is 37.4 Å². The number of ether oxygens (including phenoxy) is 2. The molecule has 3 atom stereocenters. The molecule has 0 aromatic heterocycles. The predicted molar refractivity (Wildman–Crippen MR) is 111 cm³/mol. The summed E-state index contributed by atoms with van der Waals surface area (Å²) in [6.07, 6.45) is 1.66. The minimum atomic E-state index is -3.37. The fourth-order valence-corrected chi connectivity index (χ4v) is 6.96. The molecule has 1 amide bonds. The van der Waals surface area contributed by atoms with Gasteiger partial charge in [-0.3, -0.25) is 4.90 Å². The SMILES string of the molecule is COc1cc2c(cc1OC)C1CC(NC(=O)O)C(N3CCCCS3(=O)=O)CN1CC2. The zero-order valence-corrected chi connectivity index (χ0v) is 18.2. The summed E-state index contributed by atoms with van der Waals surface area (Å²) >= 11 is 0. The predicted octanol–water partition coefficient (Wildman–Crippen LogP) is 1.44. The van der Waals surface area contributed by atoms with Gasteiger partial charge < -0.3 is 19.9 Å². The van der Waals surface area contributed by atoms with E-state index >= 15 is 0 Å². The van der Waals surface area contributed by atoms with Gasteiger partial charge in [-0.25, -0.2) is 13.2 Å². The maximum Gasteiger partial charge on any atom is 0.404 e. The Kier molecular flexibility index (Phi) is 5.82. The van der Waals surface area contributed by atoms with Crippen molar-refractivity contribution in [1.29, 1.82) is 0 Å². The molecule has 3 unspecified atom stereocenters. The number of benzene rings is 1. The van der Waals surface area contributed by atoms with E-state index < -0.39 is 28.2 Å². The van der Waals surface area contributed by atoms with Crippen molar-refractivity contribution in [2.24, 2.45) is 0 Å². The Hall–Kier alpha value is -2.04. The molecule has 2 N–H and O–H groups in total. The number of hydrogen-bond donors (Lipinski definition) is 2. The normalized spacial score (nSPS) is 28.8. The summed E-state index contributed by atoms with van der Waals surface area (Å²) in [6, 6.07) is 3.08. The Morgan fingerprint density at radius 2 is 1.90 bits per heavy atom. The number of amides is 1. The highest BCUT2D eigenvalue weighted by Gasteiger charge is 2.45. The van der Waals surface area contributed by atoms with Gasteiger partial charge in [-0.15, -0.1) is 0 Å². The van der Waals surface area contributed by atoms with Crippen LogP contribution in [0, 0.1) is 0 Å². The van der Waals surface area contributed by atoms with E-state index in [0.717, 1.165) is 30.5 Å². The summed E-state index contributed by atoms with van der Waals surface area (Å²) in [5.74, 6) is 1.45. The summed E-state index contributed by atoms with van der Waals surface area (Å²) in [5, 5.41) is 12.0. The zero-order valence-electron chi connectivity index (χ0n) is 17.3. The molecule has 1 aromatic rings. The van der Waals surface area contributed by atoms with Crippen molar-refractivity contribution in [3.63, 3.8) is 0 Å². The van der Waals surface area contributed by atoms with Crippen molar-refractivity contribution < 1.29 is 27.8 Å². The molecule has 9 nitrogen and oxygen atoms in total. The third-order valence-corrected chi connectivity index (χ3v) is 8.52. The number of nitrogens with one attached hydrogen (secondary N) is 1. The topological polar surface area (TPSA) is 108 Å². The van der Waals surface area contributed by atoms with Gasteiger partial charge >= 0.3 is 6.09 Å². The van der Waals surface area contributed by atoms with Crippen LogP contribution in [-0.4, -0.2) is 80.5 Å². The van der Waals surface area contributed by atoms with Crippen LogP contribution in [0.1, 0.15) is 36.4 Å². The Bertz CT molecular complexity index is 921. The van der Waals surface area contributed by atoms with Crippen LogP contribution >= 0.6 is 0 Å². The largest absolute Gasteiger partial charge is 0.493 e. The molecule has 2 saturated heterocycles. The molecule has 2 fully saturated rings. The molecule has 0 radical (unpaired) electrons. The highest BCUT2D eigenvalue weighted by molar-refractivity contribution is 7.89. The van der Waals surface area contributed by atoms with E-state index in [-0.39, 0.29) is 11.8 Å². The molecule has 3 aliphatic rings. The third kappa shape index (κ3) is 3.83. The molecular weight excluding hydrogens is 410 g/mol. The molecule has 3 heterocycles. The first-order valence-corrected chi connectivity index (χ1v) is 11.9. The Balaban J connectivity index is 1.68. The van der Waals surface area contributed by atoms with Gasteiger partial charge in [0.1, 0.15) is 0 Å². The van der Waals surface area contributed by atoms with Crippen LogP contribution in [0.2, 0.25) is 0 Å². The first kappa shape index (κ1) is 21.2. The molecule has 3 aliphatic heterocycles. The maximum absolute atomic E-state index is 12.7. The second kappa shape index (κ2) is 8.24. The average Bonchev–Trinajstić information content (AvgIpc) is 2.71. The van der Waals surface area contributed by atoms with Crippen LogP contribution in [0.15, 0.2) is 12.1 Å². The fraction of sp³-hybridized carbons (Fsp3) is 0.650. The van der Waals surface area contributed by atoms with Gasteiger partial charge in [-0.2, -0.15) is 4.31 Å². The first-order valence-electron chi connectivity index (χ1n) is 10.3. The van der Waals surface area contributed by atoms with Crippen LogP contribution < -0.4 is 14.8 Å². The average molecular weight is 440 g/mol. The van der Waals surface area contributed by atoms with Gasteiger partial charge in [0, 0.05) is 25.7 Å². The lowest BCUT2D eigenvalue weighted by molar-refractivity contribution is 0.0570.